The van der Waals surface area contributed by atoms with Crippen LogP contribution in [-0.4, -0.2) is 74.8 Å². The molecular formula is C22H27N3O6. The minimum atomic E-state index is -0.616. The highest BCUT2D eigenvalue weighted by Crippen LogP contribution is 2.28. The molecule has 3 rings (SSSR count). The third kappa shape index (κ3) is 6.35. The van der Waals surface area contributed by atoms with E-state index in [0.29, 0.717) is 58.1 Å². The fraction of sp³-hybridized carbons (Fsp3) is 0.500. The minimum absolute atomic E-state index is 0.194. The second-order valence-corrected chi connectivity index (χ2v) is 7.14. The summed E-state index contributed by atoms with van der Waals surface area (Å²) in [7, 11) is 0. The maximum absolute atomic E-state index is 12.7. The van der Waals surface area contributed by atoms with Crippen molar-refractivity contribution < 1.29 is 28.6 Å². The Morgan fingerprint density at radius 2 is 1.81 bits per heavy atom. The Bertz CT molecular complexity index is 876. The fourth-order valence-electron chi connectivity index (χ4n) is 3.44. The summed E-state index contributed by atoms with van der Waals surface area (Å²) in [5, 5.41) is 2.30. The van der Waals surface area contributed by atoms with Crippen LogP contribution in [0.2, 0.25) is 0 Å². The van der Waals surface area contributed by atoms with Crippen LogP contribution < -0.4 is 11.1 Å². The standard InChI is InChI=1S/C22H27N3O6/c23-7-9-30-11-13-31-12-10-29-8-1-2-16-3-4-18-17(14-16)15-25(22(18)28)19-5-6-20(26)24-21(19)27/h3-4,14,19H,5-13,15,23H2,(H,24,26,27). The molecule has 9 heteroatoms. The third-order valence-electron chi connectivity index (χ3n) is 4.94. The van der Waals surface area contributed by atoms with Gasteiger partial charge in [-0.15, -0.1) is 0 Å². The number of carbonyl (C=O) groups is 3. The van der Waals surface area contributed by atoms with Crippen molar-refractivity contribution in [1.29, 1.82) is 0 Å². The van der Waals surface area contributed by atoms with E-state index in [0.717, 1.165) is 11.1 Å². The molecule has 1 aromatic carbocycles. The minimum Gasteiger partial charge on any atom is -0.378 e. The van der Waals surface area contributed by atoms with E-state index in [-0.39, 0.29) is 24.8 Å². The number of piperidine rings is 1. The number of nitrogens with one attached hydrogen (secondary N) is 1. The van der Waals surface area contributed by atoms with Crippen molar-refractivity contribution in [1.82, 2.24) is 10.2 Å². The summed E-state index contributed by atoms with van der Waals surface area (Å²) < 4.78 is 16.0. The molecule has 9 nitrogen and oxygen atoms in total. The second-order valence-electron chi connectivity index (χ2n) is 7.14. The Morgan fingerprint density at radius 3 is 2.55 bits per heavy atom. The molecular weight excluding hydrogens is 402 g/mol. The van der Waals surface area contributed by atoms with Gasteiger partial charge >= 0.3 is 0 Å². The molecule has 0 radical (unpaired) electrons. The summed E-state index contributed by atoms with van der Waals surface area (Å²) in [4.78, 5) is 37.6. The summed E-state index contributed by atoms with van der Waals surface area (Å²) in [6.07, 6.45) is 0.583. The maximum Gasteiger partial charge on any atom is 0.255 e. The molecule has 0 spiro atoms. The van der Waals surface area contributed by atoms with Crippen LogP contribution in [0.25, 0.3) is 0 Å². The lowest BCUT2D eigenvalue weighted by Gasteiger charge is -2.29. The number of rotatable bonds is 10. The van der Waals surface area contributed by atoms with Crippen molar-refractivity contribution >= 4 is 17.7 Å². The first-order valence-corrected chi connectivity index (χ1v) is 10.3. The molecule has 2 aliphatic heterocycles. The monoisotopic (exact) mass is 429 g/mol. The first kappa shape index (κ1) is 22.9. The van der Waals surface area contributed by atoms with E-state index >= 15 is 0 Å². The Hall–Kier alpha value is -2.77. The lowest BCUT2D eigenvalue weighted by atomic mass is 10.0. The summed E-state index contributed by atoms with van der Waals surface area (Å²) in [6, 6.07) is 4.75. The molecule has 0 bridgehead atoms. The van der Waals surface area contributed by atoms with Gasteiger partial charge in [-0.25, -0.2) is 0 Å². The molecule has 2 heterocycles. The summed E-state index contributed by atoms with van der Waals surface area (Å²) in [5.74, 6) is 5.06. The van der Waals surface area contributed by atoms with Crippen LogP contribution in [0.5, 0.6) is 0 Å². The van der Waals surface area contributed by atoms with Gasteiger partial charge in [0.1, 0.15) is 12.6 Å². The SMILES string of the molecule is NCCOCCOCCOCC#Cc1ccc2c(c1)CN(C1CCC(=O)NC1=O)C2=O. The molecule has 1 atom stereocenters. The molecule has 1 fully saturated rings. The molecule has 2 aliphatic rings. The van der Waals surface area contributed by atoms with Gasteiger partial charge in [-0.05, 0) is 30.2 Å². The number of hydrogen-bond acceptors (Lipinski definition) is 7. The third-order valence-corrected chi connectivity index (χ3v) is 4.94. The molecule has 1 unspecified atom stereocenters. The van der Waals surface area contributed by atoms with Crippen LogP contribution in [0.3, 0.4) is 0 Å². The molecule has 0 saturated carbocycles. The summed E-state index contributed by atoms with van der Waals surface area (Å²) >= 11 is 0. The number of imide groups is 1. The zero-order valence-electron chi connectivity index (χ0n) is 17.4. The van der Waals surface area contributed by atoms with Gasteiger partial charge in [0.15, 0.2) is 0 Å². The van der Waals surface area contributed by atoms with Gasteiger partial charge in [0, 0.05) is 30.6 Å². The number of hydrogen-bond donors (Lipinski definition) is 2. The van der Waals surface area contributed by atoms with E-state index in [4.69, 9.17) is 19.9 Å². The first-order chi connectivity index (χ1) is 15.1. The van der Waals surface area contributed by atoms with Crippen LogP contribution in [0, 0.1) is 11.8 Å². The summed E-state index contributed by atoms with van der Waals surface area (Å²) in [5.41, 5.74) is 7.48. The van der Waals surface area contributed by atoms with E-state index in [1.54, 1.807) is 12.1 Å². The van der Waals surface area contributed by atoms with Crippen molar-refractivity contribution in [2.45, 2.75) is 25.4 Å². The Morgan fingerprint density at radius 1 is 1.06 bits per heavy atom. The topological polar surface area (TPSA) is 120 Å². The average molecular weight is 429 g/mol. The number of nitrogens with zero attached hydrogens (tertiary/aromatic N) is 1. The van der Waals surface area contributed by atoms with Crippen molar-refractivity contribution in [3.05, 3.63) is 34.9 Å². The van der Waals surface area contributed by atoms with Crippen LogP contribution in [0.4, 0.5) is 0 Å². The van der Waals surface area contributed by atoms with Gasteiger partial charge in [-0.3, -0.25) is 19.7 Å². The molecule has 0 aliphatic carbocycles. The molecule has 31 heavy (non-hydrogen) atoms. The van der Waals surface area contributed by atoms with Gasteiger partial charge in [0.25, 0.3) is 5.91 Å². The predicted molar refractivity (Wildman–Crippen MR) is 111 cm³/mol. The van der Waals surface area contributed by atoms with E-state index in [2.05, 4.69) is 17.2 Å². The smallest absolute Gasteiger partial charge is 0.255 e. The number of ether oxygens (including phenoxy) is 3. The number of fused-ring (bicyclic) bond motifs is 1. The van der Waals surface area contributed by atoms with Crippen LogP contribution >= 0.6 is 0 Å². The lowest BCUT2D eigenvalue weighted by Crippen LogP contribution is -2.52. The lowest BCUT2D eigenvalue weighted by molar-refractivity contribution is -0.136. The van der Waals surface area contributed by atoms with Crippen LogP contribution in [0.15, 0.2) is 18.2 Å². The van der Waals surface area contributed by atoms with Crippen molar-refractivity contribution in [3.8, 4) is 11.8 Å². The van der Waals surface area contributed by atoms with Crippen molar-refractivity contribution in [2.75, 3.05) is 46.2 Å². The molecule has 1 aromatic rings. The molecule has 3 amide bonds. The highest BCUT2D eigenvalue weighted by molar-refractivity contribution is 6.05. The van der Waals surface area contributed by atoms with Crippen LogP contribution in [-0.2, 0) is 30.3 Å². The largest absolute Gasteiger partial charge is 0.378 e. The van der Waals surface area contributed by atoms with Gasteiger partial charge in [0.2, 0.25) is 11.8 Å². The van der Waals surface area contributed by atoms with Crippen molar-refractivity contribution in [3.63, 3.8) is 0 Å². The number of nitrogens with two attached hydrogens (primary N) is 1. The zero-order chi connectivity index (χ0) is 22.1. The molecule has 1 saturated heterocycles. The first-order valence-electron chi connectivity index (χ1n) is 10.3. The fourth-order valence-corrected chi connectivity index (χ4v) is 3.44. The van der Waals surface area contributed by atoms with Crippen LogP contribution in [0.1, 0.15) is 34.3 Å². The summed E-state index contributed by atoms with van der Waals surface area (Å²) in [6.45, 7) is 3.54. The quantitative estimate of drug-likeness (QED) is 0.300. The maximum atomic E-state index is 12.7. The highest BCUT2D eigenvalue weighted by Gasteiger charge is 2.38. The van der Waals surface area contributed by atoms with E-state index in [1.807, 2.05) is 6.07 Å². The Labute approximate surface area is 181 Å². The average Bonchev–Trinajstić information content (AvgIpc) is 3.07. The van der Waals surface area contributed by atoms with Gasteiger partial charge < -0.3 is 24.8 Å². The molecule has 0 aromatic heterocycles. The van der Waals surface area contributed by atoms with Gasteiger partial charge in [0.05, 0.1) is 33.0 Å². The predicted octanol–water partition coefficient (Wildman–Crippen LogP) is -0.192. The highest BCUT2D eigenvalue weighted by atomic mass is 16.5. The van der Waals surface area contributed by atoms with E-state index in [1.165, 1.54) is 4.90 Å². The molecule has 3 N–H and O–H groups in total. The second kappa shape index (κ2) is 11.6. The van der Waals surface area contributed by atoms with Gasteiger partial charge in [-0.1, -0.05) is 11.8 Å². The number of benzene rings is 1. The Kier molecular flexibility index (Phi) is 8.55. The Balaban J connectivity index is 1.43. The number of amides is 3. The van der Waals surface area contributed by atoms with Crippen molar-refractivity contribution in [2.24, 2.45) is 5.73 Å². The van der Waals surface area contributed by atoms with Gasteiger partial charge in [-0.2, -0.15) is 0 Å². The molecule has 166 valence electrons. The number of carbonyl (C=O) groups excluding carboxylic acids is 3. The zero-order valence-corrected chi connectivity index (χ0v) is 17.4. The van der Waals surface area contributed by atoms with E-state index < -0.39 is 11.9 Å². The van der Waals surface area contributed by atoms with E-state index in [9.17, 15) is 14.4 Å². The normalized spacial score (nSPS) is 17.9.